The van der Waals surface area contributed by atoms with Crippen LogP contribution in [-0.2, 0) is 4.79 Å². The lowest BCUT2D eigenvalue weighted by Crippen LogP contribution is -2.16. The van der Waals surface area contributed by atoms with E-state index in [1.165, 1.54) is 36.1 Å². The highest BCUT2D eigenvalue weighted by Crippen LogP contribution is 2.37. The zero-order valence-electron chi connectivity index (χ0n) is 15.6. The molecule has 1 aliphatic rings. The maximum absolute atomic E-state index is 13.7. The van der Waals surface area contributed by atoms with Gasteiger partial charge in [-0.25, -0.2) is 4.39 Å². The van der Waals surface area contributed by atoms with Gasteiger partial charge < -0.3 is 20.1 Å². The lowest BCUT2D eigenvalue weighted by atomic mass is 10.1. The molecule has 2 heterocycles. The zero-order valence-corrected chi connectivity index (χ0v) is 17.2. The molecule has 8 nitrogen and oxygen atoms in total. The minimum Gasteiger partial charge on any atom is -0.454 e. The average Bonchev–Trinajstić information content (AvgIpc) is 3.36. The molecule has 0 saturated heterocycles. The van der Waals surface area contributed by atoms with E-state index >= 15 is 0 Å². The Balaban J connectivity index is 1.37. The van der Waals surface area contributed by atoms with Gasteiger partial charge in [-0.2, -0.15) is 0 Å². The van der Waals surface area contributed by atoms with Crippen molar-refractivity contribution in [2.45, 2.75) is 11.3 Å². The number of nitrogens with one attached hydrogen (secondary N) is 2. The Morgan fingerprint density at radius 2 is 1.93 bits per heavy atom. The molecular weight excluding hydrogens is 431 g/mol. The van der Waals surface area contributed by atoms with Gasteiger partial charge in [-0.15, -0.1) is 10.2 Å². The normalized spacial score (nSPS) is 11.9. The Bertz CT molecular complexity index is 1120. The van der Waals surface area contributed by atoms with E-state index in [-0.39, 0.29) is 24.2 Å². The van der Waals surface area contributed by atoms with Crippen LogP contribution in [0.25, 0.3) is 0 Å². The first kappa shape index (κ1) is 20.1. The molecule has 0 spiro atoms. The van der Waals surface area contributed by atoms with E-state index in [9.17, 15) is 14.0 Å². The number of para-hydroxylation sites is 1. The number of carbonyl (C=O) groups is 2. The Labute approximate surface area is 178 Å². The number of halogens is 1. The number of aromatic nitrogens is 2. The molecule has 0 fully saturated rings. The number of anilines is 3. The second-order valence-electron chi connectivity index (χ2n) is 6.12. The maximum atomic E-state index is 13.7. The number of fused-ring (bicyclic) bond motifs is 1. The molecule has 1 amide bonds. The number of ether oxygens (including phenoxy) is 2. The first-order chi connectivity index (χ1) is 14.5. The highest BCUT2D eigenvalue weighted by Gasteiger charge is 2.20. The molecule has 0 aliphatic carbocycles. The summed E-state index contributed by atoms with van der Waals surface area (Å²) >= 11 is 2.38. The first-order valence-electron chi connectivity index (χ1n) is 8.72. The van der Waals surface area contributed by atoms with E-state index in [2.05, 4.69) is 20.8 Å². The van der Waals surface area contributed by atoms with E-state index in [1.54, 1.807) is 30.3 Å². The molecule has 11 heteroatoms. The van der Waals surface area contributed by atoms with E-state index in [4.69, 9.17) is 9.47 Å². The number of hydrogen-bond donors (Lipinski definition) is 2. The van der Waals surface area contributed by atoms with Crippen molar-refractivity contribution in [3.63, 3.8) is 0 Å². The number of thioether (sulfide) groups is 1. The monoisotopic (exact) mass is 446 g/mol. The van der Waals surface area contributed by atoms with Crippen molar-refractivity contribution in [2.75, 3.05) is 23.2 Å². The Morgan fingerprint density at radius 3 is 2.70 bits per heavy atom. The standard InChI is InChI=1S/C19H15FN4O4S2/c1-10(25)11-6-15-16(28-9-27-15)7-14(11)21-17(26)8-29-19-24-23-18(30-19)22-13-5-3-2-4-12(13)20/h2-7H,8-9H2,1H3,(H,21,26)(H,22,23). The molecule has 0 radical (unpaired) electrons. The van der Waals surface area contributed by atoms with Gasteiger partial charge >= 0.3 is 0 Å². The number of ketones is 1. The largest absolute Gasteiger partial charge is 0.454 e. The van der Waals surface area contributed by atoms with Crippen LogP contribution in [0.3, 0.4) is 0 Å². The molecule has 0 unspecified atom stereocenters. The lowest BCUT2D eigenvalue weighted by molar-refractivity contribution is -0.113. The number of rotatable bonds is 7. The number of amides is 1. The second-order valence-corrected chi connectivity index (χ2v) is 8.32. The number of carbonyl (C=O) groups excluding carboxylic acids is 2. The summed E-state index contributed by atoms with van der Waals surface area (Å²) in [7, 11) is 0. The van der Waals surface area contributed by atoms with Crippen molar-refractivity contribution in [3.05, 3.63) is 47.8 Å². The Kier molecular flexibility index (Phi) is 5.81. The van der Waals surface area contributed by atoms with Gasteiger partial charge in [0.2, 0.25) is 17.8 Å². The molecule has 30 heavy (non-hydrogen) atoms. The van der Waals surface area contributed by atoms with Crippen LogP contribution in [0.5, 0.6) is 11.5 Å². The Hall–Kier alpha value is -3.18. The van der Waals surface area contributed by atoms with E-state index < -0.39 is 5.82 Å². The van der Waals surface area contributed by atoms with Gasteiger partial charge in [-0.3, -0.25) is 9.59 Å². The van der Waals surface area contributed by atoms with E-state index in [1.807, 2.05) is 0 Å². The number of benzene rings is 2. The summed E-state index contributed by atoms with van der Waals surface area (Å²) in [5, 5.41) is 13.9. The van der Waals surface area contributed by atoms with E-state index in [0.717, 1.165) is 0 Å². The highest BCUT2D eigenvalue weighted by molar-refractivity contribution is 8.01. The third-order valence-electron chi connectivity index (χ3n) is 4.01. The fraction of sp³-hybridized carbons (Fsp3) is 0.158. The molecule has 0 bridgehead atoms. The van der Waals surface area contributed by atoms with Crippen LogP contribution in [0.4, 0.5) is 20.9 Å². The van der Waals surface area contributed by atoms with Gasteiger partial charge in [-0.05, 0) is 25.1 Å². The average molecular weight is 446 g/mol. The van der Waals surface area contributed by atoms with Crippen LogP contribution in [0.2, 0.25) is 0 Å². The molecule has 3 aromatic rings. The molecule has 154 valence electrons. The zero-order chi connectivity index (χ0) is 21.1. The summed E-state index contributed by atoms with van der Waals surface area (Å²) in [5.41, 5.74) is 0.990. The van der Waals surface area contributed by atoms with Gasteiger partial charge in [0, 0.05) is 11.6 Å². The van der Waals surface area contributed by atoms with Gasteiger partial charge in [0.05, 0.1) is 17.1 Å². The molecule has 0 atom stereocenters. The lowest BCUT2D eigenvalue weighted by Gasteiger charge is -2.10. The van der Waals surface area contributed by atoms with Crippen LogP contribution in [0, 0.1) is 5.82 Å². The molecule has 1 aliphatic heterocycles. The van der Waals surface area contributed by atoms with Crippen LogP contribution >= 0.6 is 23.1 Å². The summed E-state index contributed by atoms with van der Waals surface area (Å²) in [6.45, 7) is 1.48. The molecule has 0 saturated carbocycles. The summed E-state index contributed by atoms with van der Waals surface area (Å²) in [6.07, 6.45) is 0. The minimum absolute atomic E-state index is 0.0557. The second kappa shape index (κ2) is 8.67. The van der Waals surface area contributed by atoms with Gasteiger partial charge in [0.25, 0.3) is 0 Å². The number of nitrogens with zero attached hydrogens (tertiary/aromatic N) is 2. The molecule has 2 aromatic carbocycles. The predicted octanol–water partition coefficient (Wildman–Crippen LogP) is 4.08. The predicted molar refractivity (Wildman–Crippen MR) is 112 cm³/mol. The maximum Gasteiger partial charge on any atom is 0.234 e. The highest BCUT2D eigenvalue weighted by atomic mass is 32.2. The van der Waals surface area contributed by atoms with E-state index in [0.29, 0.717) is 37.9 Å². The fourth-order valence-corrected chi connectivity index (χ4v) is 4.21. The number of hydrogen-bond acceptors (Lipinski definition) is 9. The van der Waals surface area contributed by atoms with Crippen LogP contribution < -0.4 is 20.1 Å². The van der Waals surface area contributed by atoms with Crippen LogP contribution in [-0.4, -0.2) is 34.4 Å². The van der Waals surface area contributed by atoms with Gasteiger partial charge in [-0.1, -0.05) is 35.2 Å². The van der Waals surface area contributed by atoms with Crippen molar-refractivity contribution in [3.8, 4) is 11.5 Å². The van der Waals surface area contributed by atoms with Crippen molar-refractivity contribution in [1.29, 1.82) is 0 Å². The van der Waals surface area contributed by atoms with Crippen molar-refractivity contribution in [2.24, 2.45) is 0 Å². The van der Waals surface area contributed by atoms with Crippen molar-refractivity contribution >= 4 is 51.3 Å². The quantitative estimate of drug-likeness (QED) is 0.413. The molecule has 2 N–H and O–H groups in total. The topological polar surface area (TPSA) is 102 Å². The van der Waals surface area contributed by atoms with Gasteiger partial charge in [0.1, 0.15) is 5.82 Å². The fourth-order valence-electron chi connectivity index (χ4n) is 2.65. The smallest absolute Gasteiger partial charge is 0.234 e. The molecule has 4 rings (SSSR count). The molecule has 1 aromatic heterocycles. The summed E-state index contributed by atoms with van der Waals surface area (Å²) in [6, 6.07) is 9.36. The summed E-state index contributed by atoms with van der Waals surface area (Å²) in [4.78, 5) is 24.3. The van der Waals surface area contributed by atoms with Gasteiger partial charge in [0.15, 0.2) is 21.6 Å². The van der Waals surface area contributed by atoms with Crippen molar-refractivity contribution in [1.82, 2.24) is 10.2 Å². The van der Waals surface area contributed by atoms with Crippen LogP contribution in [0.15, 0.2) is 40.7 Å². The SMILES string of the molecule is CC(=O)c1cc2c(cc1NC(=O)CSc1nnc(Nc3ccccc3F)s1)OCO2. The Morgan fingerprint density at radius 1 is 1.17 bits per heavy atom. The third-order valence-corrected chi connectivity index (χ3v) is 5.99. The third kappa shape index (κ3) is 4.52. The summed E-state index contributed by atoms with van der Waals surface area (Å²) < 4.78 is 24.8. The first-order valence-corrected chi connectivity index (χ1v) is 10.5. The van der Waals surface area contributed by atoms with Crippen molar-refractivity contribution < 1.29 is 23.5 Å². The van der Waals surface area contributed by atoms with Crippen LogP contribution in [0.1, 0.15) is 17.3 Å². The number of Topliss-reactive ketones (excluding diaryl/α,β-unsaturated/α-hetero) is 1. The molecular formula is C19H15FN4O4S2. The minimum atomic E-state index is -0.397. The summed E-state index contributed by atoms with van der Waals surface area (Å²) in [5.74, 6) is 0.0723.